The van der Waals surface area contributed by atoms with Crippen molar-refractivity contribution in [3.8, 4) is 11.8 Å². The number of benzene rings is 1. The summed E-state index contributed by atoms with van der Waals surface area (Å²) in [4.78, 5) is 20.2. The van der Waals surface area contributed by atoms with E-state index in [2.05, 4.69) is 31.2 Å². The maximum Gasteiger partial charge on any atom is 0.258 e. The van der Waals surface area contributed by atoms with E-state index in [1.165, 1.54) is 20.3 Å². The maximum absolute atomic E-state index is 12.1. The van der Waals surface area contributed by atoms with Crippen LogP contribution in [0, 0.1) is 0 Å². The van der Waals surface area contributed by atoms with E-state index in [0.29, 0.717) is 15.1 Å². The van der Waals surface area contributed by atoms with E-state index >= 15 is 0 Å². The van der Waals surface area contributed by atoms with Gasteiger partial charge in [-0.15, -0.1) is 0 Å². The summed E-state index contributed by atoms with van der Waals surface area (Å²) < 4.78 is 10.7. The largest absolute Gasteiger partial charge is 0.481 e. The van der Waals surface area contributed by atoms with E-state index < -0.39 is 0 Å². The number of rotatable bonds is 4. The Labute approximate surface area is 134 Å². The van der Waals surface area contributed by atoms with Crippen molar-refractivity contribution >= 4 is 39.4 Å². The molecule has 0 unspecified atom stereocenters. The van der Waals surface area contributed by atoms with Crippen LogP contribution < -0.4 is 14.8 Å². The SMILES string of the molecule is COc1cc(OC)nc(NC(=O)c2ccc(Br)c(Cl)c2)n1. The lowest BCUT2D eigenvalue weighted by atomic mass is 10.2. The summed E-state index contributed by atoms with van der Waals surface area (Å²) in [5.41, 5.74) is 0.383. The van der Waals surface area contributed by atoms with Crippen molar-refractivity contribution in [3.63, 3.8) is 0 Å². The van der Waals surface area contributed by atoms with Crippen LogP contribution in [0.25, 0.3) is 0 Å². The van der Waals surface area contributed by atoms with Crippen LogP contribution in [0.4, 0.5) is 5.95 Å². The Morgan fingerprint density at radius 1 is 1.19 bits per heavy atom. The molecule has 1 aromatic carbocycles. The van der Waals surface area contributed by atoms with Crippen LogP contribution in [0.15, 0.2) is 28.7 Å². The van der Waals surface area contributed by atoms with Gasteiger partial charge in [0.15, 0.2) is 0 Å². The number of carbonyl (C=O) groups excluding carboxylic acids is 1. The van der Waals surface area contributed by atoms with E-state index in [4.69, 9.17) is 21.1 Å². The van der Waals surface area contributed by atoms with Gasteiger partial charge in [0.25, 0.3) is 5.91 Å². The summed E-state index contributed by atoms with van der Waals surface area (Å²) in [5.74, 6) is 0.256. The summed E-state index contributed by atoms with van der Waals surface area (Å²) in [6.45, 7) is 0. The van der Waals surface area contributed by atoms with Gasteiger partial charge in [-0.05, 0) is 34.1 Å². The molecule has 6 nitrogen and oxygen atoms in total. The van der Waals surface area contributed by atoms with E-state index in [1.807, 2.05) is 0 Å². The summed E-state index contributed by atoms with van der Waals surface area (Å²) in [5, 5.41) is 3.00. The lowest BCUT2D eigenvalue weighted by Gasteiger charge is -2.08. The van der Waals surface area contributed by atoms with Gasteiger partial charge < -0.3 is 9.47 Å². The molecular formula is C13H11BrClN3O3. The van der Waals surface area contributed by atoms with Crippen LogP contribution in [0.1, 0.15) is 10.4 Å². The Balaban J connectivity index is 2.24. The molecule has 1 heterocycles. The molecule has 21 heavy (non-hydrogen) atoms. The first kappa shape index (κ1) is 15.5. The van der Waals surface area contributed by atoms with Crippen LogP contribution >= 0.6 is 27.5 Å². The lowest BCUT2D eigenvalue weighted by Crippen LogP contribution is -2.14. The van der Waals surface area contributed by atoms with Crippen molar-refractivity contribution in [3.05, 3.63) is 39.3 Å². The number of anilines is 1. The Morgan fingerprint density at radius 2 is 1.81 bits per heavy atom. The summed E-state index contributed by atoms with van der Waals surface area (Å²) >= 11 is 9.22. The Morgan fingerprint density at radius 3 is 2.33 bits per heavy atom. The van der Waals surface area contributed by atoms with Gasteiger partial charge in [0.05, 0.1) is 25.3 Å². The quantitative estimate of drug-likeness (QED) is 0.892. The van der Waals surface area contributed by atoms with E-state index in [-0.39, 0.29) is 23.6 Å². The molecule has 0 bridgehead atoms. The minimum absolute atomic E-state index is 0.0789. The van der Waals surface area contributed by atoms with Gasteiger partial charge in [-0.25, -0.2) is 0 Å². The number of halogens is 2. The second-order valence-corrected chi connectivity index (χ2v) is 5.12. The lowest BCUT2D eigenvalue weighted by molar-refractivity contribution is 0.102. The minimum atomic E-state index is -0.389. The van der Waals surface area contributed by atoms with Crippen LogP contribution in [0.5, 0.6) is 11.8 Å². The zero-order chi connectivity index (χ0) is 15.4. The van der Waals surface area contributed by atoms with Gasteiger partial charge in [-0.2, -0.15) is 9.97 Å². The summed E-state index contributed by atoms with van der Waals surface area (Å²) in [7, 11) is 2.92. The predicted molar refractivity (Wildman–Crippen MR) is 82.2 cm³/mol. The van der Waals surface area contributed by atoms with Crippen molar-refractivity contribution in [2.45, 2.75) is 0 Å². The topological polar surface area (TPSA) is 73.3 Å². The van der Waals surface area contributed by atoms with E-state index in [1.54, 1.807) is 18.2 Å². The number of methoxy groups -OCH3 is 2. The summed E-state index contributed by atoms with van der Waals surface area (Å²) in [6.07, 6.45) is 0. The fraction of sp³-hybridized carbons (Fsp3) is 0.154. The molecular weight excluding hydrogens is 362 g/mol. The molecule has 0 aliphatic carbocycles. The fourth-order valence-electron chi connectivity index (χ4n) is 1.48. The number of amides is 1. The van der Waals surface area contributed by atoms with Crippen molar-refractivity contribution < 1.29 is 14.3 Å². The number of ether oxygens (including phenoxy) is 2. The normalized spacial score (nSPS) is 10.1. The second kappa shape index (κ2) is 6.73. The number of aromatic nitrogens is 2. The molecule has 2 rings (SSSR count). The van der Waals surface area contributed by atoms with Gasteiger partial charge >= 0.3 is 0 Å². The molecule has 2 aromatic rings. The smallest absolute Gasteiger partial charge is 0.258 e. The van der Waals surface area contributed by atoms with Crippen LogP contribution in [0.3, 0.4) is 0 Å². The molecule has 0 spiro atoms. The standard InChI is InChI=1S/C13H11BrClN3O3/c1-20-10-6-11(21-2)17-13(16-10)18-12(19)7-3-4-8(14)9(15)5-7/h3-6H,1-2H3,(H,16,17,18,19). The van der Waals surface area contributed by atoms with Crippen LogP contribution in [-0.2, 0) is 0 Å². The fourth-order valence-corrected chi connectivity index (χ4v) is 1.91. The average Bonchev–Trinajstić information content (AvgIpc) is 2.49. The third-order valence-corrected chi connectivity index (χ3v) is 3.74. The molecule has 0 radical (unpaired) electrons. The first-order valence-corrected chi connectivity index (χ1v) is 6.94. The zero-order valence-electron chi connectivity index (χ0n) is 11.2. The van der Waals surface area contributed by atoms with E-state index in [0.717, 1.165) is 0 Å². The van der Waals surface area contributed by atoms with Gasteiger partial charge in [0, 0.05) is 10.0 Å². The van der Waals surface area contributed by atoms with Gasteiger partial charge in [-0.3, -0.25) is 10.1 Å². The zero-order valence-corrected chi connectivity index (χ0v) is 13.5. The highest BCUT2D eigenvalue weighted by atomic mass is 79.9. The van der Waals surface area contributed by atoms with Crippen molar-refractivity contribution in [2.75, 3.05) is 19.5 Å². The first-order chi connectivity index (χ1) is 10.0. The first-order valence-electron chi connectivity index (χ1n) is 5.77. The Hall–Kier alpha value is -1.86. The average molecular weight is 373 g/mol. The van der Waals surface area contributed by atoms with E-state index in [9.17, 15) is 4.79 Å². The number of carbonyl (C=O) groups is 1. The monoisotopic (exact) mass is 371 g/mol. The molecule has 0 saturated carbocycles. The molecule has 0 atom stereocenters. The Bertz CT molecular complexity index is 659. The minimum Gasteiger partial charge on any atom is -0.481 e. The molecule has 110 valence electrons. The van der Waals surface area contributed by atoms with Crippen molar-refractivity contribution in [2.24, 2.45) is 0 Å². The molecule has 0 saturated heterocycles. The molecule has 1 aromatic heterocycles. The molecule has 0 aliphatic heterocycles. The highest BCUT2D eigenvalue weighted by Crippen LogP contribution is 2.24. The Kier molecular flexibility index (Phi) is 4.98. The molecule has 0 aliphatic rings. The van der Waals surface area contributed by atoms with Crippen molar-refractivity contribution in [1.29, 1.82) is 0 Å². The second-order valence-electron chi connectivity index (χ2n) is 3.86. The number of hydrogen-bond donors (Lipinski definition) is 1. The highest BCUT2D eigenvalue weighted by Gasteiger charge is 2.12. The number of hydrogen-bond acceptors (Lipinski definition) is 5. The van der Waals surface area contributed by atoms with Gasteiger partial charge in [-0.1, -0.05) is 11.6 Å². The summed E-state index contributed by atoms with van der Waals surface area (Å²) in [6, 6.07) is 6.36. The third kappa shape index (κ3) is 3.83. The predicted octanol–water partition coefficient (Wildman–Crippen LogP) is 3.16. The number of nitrogens with one attached hydrogen (secondary N) is 1. The van der Waals surface area contributed by atoms with Crippen LogP contribution in [0.2, 0.25) is 5.02 Å². The molecule has 1 amide bonds. The molecule has 8 heteroatoms. The number of nitrogens with zero attached hydrogens (tertiary/aromatic N) is 2. The molecule has 1 N–H and O–H groups in total. The third-order valence-electron chi connectivity index (χ3n) is 2.50. The van der Waals surface area contributed by atoms with Crippen molar-refractivity contribution in [1.82, 2.24) is 9.97 Å². The maximum atomic E-state index is 12.1. The van der Waals surface area contributed by atoms with Gasteiger partial charge in [0.1, 0.15) is 0 Å². The van der Waals surface area contributed by atoms with Crippen LogP contribution in [-0.4, -0.2) is 30.1 Å². The van der Waals surface area contributed by atoms with Gasteiger partial charge in [0.2, 0.25) is 17.7 Å². The highest BCUT2D eigenvalue weighted by molar-refractivity contribution is 9.10. The molecule has 0 fully saturated rings.